The number of carbonyl (C=O) groups is 2. The fourth-order valence-corrected chi connectivity index (χ4v) is 4.05. The van der Waals surface area contributed by atoms with Gasteiger partial charge < -0.3 is 28.6 Å². The Morgan fingerprint density at radius 1 is 1.03 bits per heavy atom. The molecule has 0 atom stereocenters. The summed E-state index contributed by atoms with van der Waals surface area (Å²) in [4.78, 5) is 25.8. The van der Waals surface area contributed by atoms with Crippen molar-refractivity contribution in [2.75, 3.05) is 34.0 Å². The maximum atomic E-state index is 14.0. The van der Waals surface area contributed by atoms with Crippen LogP contribution in [0.25, 0.3) is 0 Å². The van der Waals surface area contributed by atoms with Crippen LogP contribution in [0.3, 0.4) is 0 Å². The zero-order valence-electron chi connectivity index (χ0n) is 20.0. The van der Waals surface area contributed by atoms with Gasteiger partial charge in [0.2, 0.25) is 5.91 Å². The summed E-state index contributed by atoms with van der Waals surface area (Å²) in [5, 5.41) is 0.372. The summed E-state index contributed by atoms with van der Waals surface area (Å²) in [7, 11) is 2.96. The minimum atomic E-state index is -0.505. The maximum Gasteiger partial charge on any atom is 0.306 e. The minimum absolute atomic E-state index is 0.0335. The first kappa shape index (κ1) is 26.4. The summed E-state index contributed by atoms with van der Waals surface area (Å²) in [6, 6.07) is 6.26. The molecule has 0 aliphatic carbocycles. The first-order valence-electron chi connectivity index (χ1n) is 11.3. The van der Waals surface area contributed by atoms with Crippen molar-refractivity contribution in [1.82, 2.24) is 4.90 Å². The zero-order chi connectivity index (χ0) is 25.4. The first-order valence-corrected chi connectivity index (χ1v) is 11.7. The van der Waals surface area contributed by atoms with Crippen LogP contribution in [0.15, 0.2) is 24.3 Å². The van der Waals surface area contributed by atoms with Crippen LogP contribution in [0.1, 0.15) is 37.3 Å². The Bertz CT molecular complexity index is 1060. The second-order valence-corrected chi connectivity index (χ2v) is 8.11. The summed E-state index contributed by atoms with van der Waals surface area (Å²) >= 11 is 6.63. The van der Waals surface area contributed by atoms with E-state index >= 15 is 0 Å². The number of esters is 1. The SMILES string of the molecule is CCOC(=O)CCC(=O)N1Cc2cc(OC)c(OCCCOc3c(F)cccc3OC)c(Cl)c2C1. The van der Waals surface area contributed by atoms with Gasteiger partial charge in [0.1, 0.15) is 0 Å². The second kappa shape index (κ2) is 12.5. The lowest BCUT2D eigenvalue weighted by atomic mass is 10.1. The van der Waals surface area contributed by atoms with Crippen LogP contribution in [0.2, 0.25) is 5.02 Å². The number of methoxy groups -OCH3 is 2. The number of rotatable bonds is 12. The van der Waals surface area contributed by atoms with Crippen LogP contribution in [-0.2, 0) is 27.4 Å². The number of ether oxygens (including phenoxy) is 5. The molecular weight excluding hydrogens is 481 g/mol. The van der Waals surface area contributed by atoms with Crippen LogP contribution in [-0.4, -0.2) is 50.8 Å². The normalized spacial score (nSPS) is 12.2. The van der Waals surface area contributed by atoms with Crippen molar-refractivity contribution in [2.45, 2.75) is 39.3 Å². The minimum Gasteiger partial charge on any atom is -0.493 e. The number of nitrogens with zero attached hydrogens (tertiary/aromatic N) is 1. The summed E-state index contributed by atoms with van der Waals surface area (Å²) in [6.45, 7) is 3.12. The zero-order valence-corrected chi connectivity index (χ0v) is 20.8. The van der Waals surface area contributed by atoms with E-state index in [-0.39, 0.29) is 44.3 Å². The van der Waals surface area contributed by atoms with Gasteiger partial charge in [-0.25, -0.2) is 4.39 Å². The van der Waals surface area contributed by atoms with E-state index in [0.717, 1.165) is 11.1 Å². The van der Waals surface area contributed by atoms with E-state index in [1.165, 1.54) is 20.3 Å². The number of halogens is 2. The van der Waals surface area contributed by atoms with Gasteiger partial charge in [-0.2, -0.15) is 0 Å². The van der Waals surface area contributed by atoms with Gasteiger partial charge in [-0.1, -0.05) is 17.7 Å². The molecule has 0 unspecified atom stereocenters. The number of fused-ring (bicyclic) bond motifs is 1. The molecule has 0 N–H and O–H groups in total. The highest BCUT2D eigenvalue weighted by Crippen LogP contribution is 2.43. The van der Waals surface area contributed by atoms with E-state index in [1.54, 1.807) is 30.0 Å². The molecule has 0 spiro atoms. The topological polar surface area (TPSA) is 83.5 Å². The van der Waals surface area contributed by atoms with Crippen molar-refractivity contribution in [1.29, 1.82) is 0 Å². The molecule has 2 aromatic rings. The number of para-hydroxylation sites is 1. The molecular formula is C25H29ClFNO7. The van der Waals surface area contributed by atoms with E-state index in [4.69, 9.17) is 35.3 Å². The average Bonchev–Trinajstić information content (AvgIpc) is 3.29. The van der Waals surface area contributed by atoms with Gasteiger partial charge in [0.15, 0.2) is 28.8 Å². The second-order valence-electron chi connectivity index (χ2n) is 7.74. The van der Waals surface area contributed by atoms with E-state index in [2.05, 4.69) is 0 Å². The molecule has 0 fully saturated rings. The Morgan fingerprint density at radius 2 is 1.74 bits per heavy atom. The smallest absolute Gasteiger partial charge is 0.306 e. The van der Waals surface area contributed by atoms with E-state index in [0.29, 0.717) is 41.8 Å². The average molecular weight is 510 g/mol. The van der Waals surface area contributed by atoms with Crippen molar-refractivity contribution in [3.05, 3.63) is 46.2 Å². The monoisotopic (exact) mass is 509 g/mol. The van der Waals surface area contributed by atoms with Crippen LogP contribution in [0.5, 0.6) is 23.0 Å². The standard InChI is InChI=1S/C25H29ClFNO7/c1-4-33-22(30)10-9-21(29)28-14-16-13-20(32-3)25(23(26)17(16)15-28)35-12-6-11-34-24-18(27)7-5-8-19(24)31-2/h5,7-8,13H,4,6,9-12,14-15H2,1-3H3. The Labute approximate surface area is 208 Å². The van der Waals surface area contributed by atoms with Gasteiger partial charge in [-0.15, -0.1) is 0 Å². The van der Waals surface area contributed by atoms with Crippen molar-refractivity contribution in [3.8, 4) is 23.0 Å². The van der Waals surface area contributed by atoms with Gasteiger partial charge in [-0.05, 0) is 36.2 Å². The molecule has 0 radical (unpaired) electrons. The molecule has 10 heteroatoms. The highest BCUT2D eigenvalue weighted by molar-refractivity contribution is 6.33. The number of hydrogen-bond acceptors (Lipinski definition) is 7. The fourth-order valence-electron chi connectivity index (χ4n) is 3.72. The largest absolute Gasteiger partial charge is 0.493 e. The van der Waals surface area contributed by atoms with E-state index in [9.17, 15) is 14.0 Å². The summed E-state index contributed by atoms with van der Waals surface area (Å²) in [5.41, 5.74) is 1.64. The molecule has 1 aliphatic rings. The fraction of sp³-hybridized carbons (Fsp3) is 0.440. The summed E-state index contributed by atoms with van der Waals surface area (Å²) < 4.78 is 40.9. The van der Waals surface area contributed by atoms with Crippen LogP contribution in [0.4, 0.5) is 4.39 Å². The summed E-state index contributed by atoms with van der Waals surface area (Å²) in [5.74, 6) is 0.128. The predicted octanol–water partition coefficient (Wildman–Crippen LogP) is 4.53. The van der Waals surface area contributed by atoms with Gasteiger partial charge >= 0.3 is 5.97 Å². The van der Waals surface area contributed by atoms with Crippen molar-refractivity contribution >= 4 is 23.5 Å². The van der Waals surface area contributed by atoms with Crippen LogP contribution in [0, 0.1) is 5.82 Å². The van der Waals surface area contributed by atoms with Gasteiger partial charge in [-0.3, -0.25) is 9.59 Å². The highest BCUT2D eigenvalue weighted by Gasteiger charge is 2.29. The van der Waals surface area contributed by atoms with Crippen molar-refractivity contribution < 1.29 is 37.7 Å². The Hall–Kier alpha value is -3.20. The molecule has 3 rings (SSSR count). The van der Waals surface area contributed by atoms with Crippen molar-refractivity contribution in [2.24, 2.45) is 0 Å². The Morgan fingerprint density at radius 3 is 2.43 bits per heavy atom. The third-order valence-electron chi connectivity index (χ3n) is 5.44. The third kappa shape index (κ3) is 6.48. The lowest BCUT2D eigenvalue weighted by molar-refractivity contribution is -0.145. The lowest BCUT2D eigenvalue weighted by Crippen LogP contribution is -2.25. The molecule has 8 nitrogen and oxygen atoms in total. The molecule has 1 heterocycles. The van der Waals surface area contributed by atoms with E-state index in [1.807, 2.05) is 0 Å². The molecule has 0 saturated carbocycles. The third-order valence-corrected chi connectivity index (χ3v) is 5.84. The number of amides is 1. The number of carbonyl (C=O) groups excluding carboxylic acids is 2. The van der Waals surface area contributed by atoms with E-state index < -0.39 is 11.8 Å². The molecule has 35 heavy (non-hydrogen) atoms. The number of benzene rings is 2. The van der Waals surface area contributed by atoms with Crippen LogP contribution >= 0.6 is 11.6 Å². The molecule has 1 amide bonds. The molecule has 1 aliphatic heterocycles. The molecule has 190 valence electrons. The summed E-state index contributed by atoms with van der Waals surface area (Å²) in [6.07, 6.45) is 0.552. The maximum absolute atomic E-state index is 14.0. The highest BCUT2D eigenvalue weighted by atomic mass is 35.5. The first-order chi connectivity index (χ1) is 16.9. The molecule has 0 bridgehead atoms. The Balaban J connectivity index is 1.58. The van der Waals surface area contributed by atoms with Gasteiger partial charge in [0.25, 0.3) is 0 Å². The molecule has 0 saturated heterocycles. The lowest BCUT2D eigenvalue weighted by Gasteiger charge is -2.16. The van der Waals surface area contributed by atoms with Gasteiger partial charge in [0, 0.05) is 25.9 Å². The molecule has 2 aromatic carbocycles. The van der Waals surface area contributed by atoms with Gasteiger partial charge in [0.05, 0.1) is 45.5 Å². The number of hydrogen-bond donors (Lipinski definition) is 0. The Kier molecular flexibility index (Phi) is 9.42. The van der Waals surface area contributed by atoms with Crippen LogP contribution < -0.4 is 18.9 Å². The quantitative estimate of drug-likeness (QED) is 0.307. The molecule has 0 aromatic heterocycles. The predicted molar refractivity (Wildman–Crippen MR) is 127 cm³/mol. The van der Waals surface area contributed by atoms with Crippen molar-refractivity contribution in [3.63, 3.8) is 0 Å².